The van der Waals surface area contributed by atoms with Crippen molar-refractivity contribution in [1.82, 2.24) is 19.6 Å². The zero-order valence-electron chi connectivity index (χ0n) is 14.7. The Labute approximate surface area is 159 Å². The van der Waals surface area contributed by atoms with Gasteiger partial charge in [-0.2, -0.15) is 14.5 Å². The lowest BCUT2D eigenvalue weighted by Gasteiger charge is -2.15. The fraction of sp³-hybridized carbons (Fsp3) is 0.222. The highest BCUT2D eigenvalue weighted by molar-refractivity contribution is 7.15. The van der Waals surface area contributed by atoms with Gasteiger partial charge in [-0.15, -0.1) is 0 Å². The van der Waals surface area contributed by atoms with Crippen molar-refractivity contribution < 1.29 is 4.92 Å². The Morgan fingerprint density at radius 3 is 2.93 bits per heavy atom. The van der Waals surface area contributed by atoms with Crippen LogP contribution >= 0.6 is 11.3 Å². The highest BCUT2D eigenvalue weighted by Gasteiger charge is 2.26. The van der Waals surface area contributed by atoms with Gasteiger partial charge in [-0.1, -0.05) is 41.7 Å². The summed E-state index contributed by atoms with van der Waals surface area (Å²) >= 11 is 1.39. The van der Waals surface area contributed by atoms with Gasteiger partial charge in [-0.05, 0) is 23.8 Å². The first kappa shape index (κ1) is 17.2. The number of hydrogen-bond acceptors (Lipinski definition) is 6. The molecule has 0 aliphatic rings. The van der Waals surface area contributed by atoms with Crippen molar-refractivity contribution in [2.45, 2.75) is 12.8 Å². The van der Waals surface area contributed by atoms with Crippen molar-refractivity contribution in [1.29, 1.82) is 0 Å². The van der Waals surface area contributed by atoms with E-state index >= 15 is 0 Å². The number of fused-ring (bicyclic) bond motifs is 1. The van der Waals surface area contributed by atoms with Crippen LogP contribution in [0.4, 0.5) is 11.6 Å². The van der Waals surface area contributed by atoms with Crippen molar-refractivity contribution in [2.24, 2.45) is 0 Å². The van der Waals surface area contributed by atoms with Crippen LogP contribution in [0.25, 0.3) is 16.2 Å². The van der Waals surface area contributed by atoms with Crippen LogP contribution in [-0.2, 0) is 6.42 Å². The molecule has 0 spiro atoms. The number of nitrogens with one attached hydrogen (secondary N) is 1. The topological polar surface area (TPSA) is 92.4 Å². The molecular weight excluding hydrogens is 364 g/mol. The Morgan fingerprint density at radius 2 is 2.15 bits per heavy atom. The normalized spacial score (nSPS) is 11.1. The summed E-state index contributed by atoms with van der Waals surface area (Å²) in [6.45, 7) is 0.658. The molecule has 1 N–H and O–H groups in total. The van der Waals surface area contributed by atoms with E-state index in [1.54, 1.807) is 11.6 Å². The number of nitro groups is 1. The van der Waals surface area contributed by atoms with E-state index in [0.29, 0.717) is 17.3 Å². The van der Waals surface area contributed by atoms with Gasteiger partial charge in [0.1, 0.15) is 6.20 Å². The molecule has 0 fully saturated rings. The number of anilines is 1. The second-order valence-corrected chi connectivity index (χ2v) is 7.11. The van der Waals surface area contributed by atoms with Crippen LogP contribution in [0.1, 0.15) is 12.1 Å². The Hall–Kier alpha value is -3.20. The zero-order chi connectivity index (χ0) is 18.8. The van der Waals surface area contributed by atoms with E-state index in [0.717, 1.165) is 29.8 Å². The lowest BCUT2D eigenvalue weighted by molar-refractivity contribution is -0.389. The molecule has 27 heavy (non-hydrogen) atoms. The predicted octanol–water partition coefficient (Wildman–Crippen LogP) is 3.76. The maximum absolute atomic E-state index is 11.4. The monoisotopic (exact) mass is 382 g/mol. The molecule has 8 nitrogen and oxygen atoms in total. The van der Waals surface area contributed by atoms with E-state index in [2.05, 4.69) is 15.2 Å². The van der Waals surface area contributed by atoms with Gasteiger partial charge in [0, 0.05) is 30.2 Å². The van der Waals surface area contributed by atoms with Crippen LogP contribution in [0.15, 0.2) is 48.0 Å². The van der Waals surface area contributed by atoms with Gasteiger partial charge in [-0.25, -0.2) is 0 Å². The third-order valence-corrected chi connectivity index (χ3v) is 5.15. The number of rotatable bonds is 7. The molecule has 0 aliphatic carbocycles. The number of nitrogens with zero attached hydrogens (tertiary/aromatic N) is 5. The predicted molar refractivity (Wildman–Crippen MR) is 105 cm³/mol. The van der Waals surface area contributed by atoms with Crippen molar-refractivity contribution in [2.75, 3.05) is 18.5 Å². The Bertz CT molecular complexity index is 1070. The molecule has 0 atom stereocenters. The molecule has 0 unspecified atom stereocenters. The van der Waals surface area contributed by atoms with Gasteiger partial charge in [0.15, 0.2) is 0 Å². The summed E-state index contributed by atoms with van der Waals surface area (Å²) in [5.74, 6) is 0.420. The smallest absolute Gasteiger partial charge is 0.358 e. The quantitative estimate of drug-likeness (QED) is 0.388. The summed E-state index contributed by atoms with van der Waals surface area (Å²) < 4.78 is 1.53. The summed E-state index contributed by atoms with van der Waals surface area (Å²) in [6, 6.07) is 12.0. The largest absolute Gasteiger partial charge is 0.373 e. The maximum atomic E-state index is 11.4. The maximum Gasteiger partial charge on any atom is 0.373 e. The second kappa shape index (κ2) is 7.20. The van der Waals surface area contributed by atoms with Gasteiger partial charge in [0.05, 0.1) is 5.69 Å². The third kappa shape index (κ3) is 3.41. The Morgan fingerprint density at radius 1 is 1.33 bits per heavy atom. The van der Waals surface area contributed by atoms with Crippen LogP contribution in [-0.4, -0.2) is 38.1 Å². The molecule has 0 bridgehead atoms. The second-order valence-electron chi connectivity index (χ2n) is 6.24. The average molecular weight is 382 g/mol. The molecule has 9 heteroatoms. The van der Waals surface area contributed by atoms with Gasteiger partial charge in [0.25, 0.3) is 4.96 Å². The number of aryl methyl sites for hydroxylation is 1. The van der Waals surface area contributed by atoms with E-state index in [4.69, 9.17) is 0 Å². The highest BCUT2D eigenvalue weighted by atomic mass is 32.1. The zero-order valence-corrected chi connectivity index (χ0v) is 15.5. The van der Waals surface area contributed by atoms with Crippen LogP contribution in [0.2, 0.25) is 0 Å². The first-order valence-corrected chi connectivity index (χ1v) is 9.42. The van der Waals surface area contributed by atoms with Crippen molar-refractivity contribution in [3.8, 4) is 11.3 Å². The third-order valence-electron chi connectivity index (χ3n) is 4.39. The van der Waals surface area contributed by atoms with Crippen LogP contribution in [0.3, 0.4) is 0 Å². The number of hydrogen-bond donors (Lipinski definition) is 1. The molecular formula is C18H18N6O2S. The first-order valence-electron chi connectivity index (χ1n) is 8.54. The fourth-order valence-corrected chi connectivity index (χ4v) is 3.75. The number of H-pyrrole nitrogens is 1. The van der Waals surface area contributed by atoms with Crippen molar-refractivity contribution >= 4 is 27.9 Å². The van der Waals surface area contributed by atoms with E-state index < -0.39 is 0 Å². The van der Waals surface area contributed by atoms with Gasteiger partial charge in [-0.3, -0.25) is 5.10 Å². The fourth-order valence-electron chi connectivity index (χ4n) is 3.05. The number of imidazole rings is 1. The Balaban J connectivity index is 1.41. The van der Waals surface area contributed by atoms with E-state index in [9.17, 15) is 10.1 Å². The van der Waals surface area contributed by atoms with E-state index in [1.165, 1.54) is 15.7 Å². The summed E-state index contributed by atoms with van der Waals surface area (Å²) in [6.07, 6.45) is 3.31. The van der Waals surface area contributed by atoms with Gasteiger partial charge in [0.2, 0.25) is 5.82 Å². The molecule has 4 aromatic rings. The summed E-state index contributed by atoms with van der Waals surface area (Å²) in [5, 5.41) is 20.7. The molecule has 4 rings (SSSR count). The molecule has 0 saturated carbocycles. The van der Waals surface area contributed by atoms with Gasteiger partial charge >= 0.3 is 5.82 Å². The van der Waals surface area contributed by atoms with E-state index in [1.807, 2.05) is 48.3 Å². The average Bonchev–Trinajstić information content (AvgIpc) is 3.37. The molecule has 138 valence electrons. The minimum Gasteiger partial charge on any atom is -0.358 e. The molecule has 1 aromatic carbocycles. The summed E-state index contributed by atoms with van der Waals surface area (Å²) in [4.78, 5) is 17.9. The molecule has 0 aliphatic heterocycles. The van der Waals surface area contributed by atoms with Gasteiger partial charge < -0.3 is 15.0 Å². The lowest BCUT2D eigenvalue weighted by Crippen LogP contribution is -2.20. The number of benzene rings is 1. The highest BCUT2D eigenvalue weighted by Crippen LogP contribution is 2.30. The SMILES string of the molecule is CN(CCCc1cc(-c2ccccc2)n[nH]1)c1nc2sccn2c1[N+](=O)[O-]. The number of aromatic amines is 1. The van der Waals surface area contributed by atoms with Crippen LogP contribution in [0.5, 0.6) is 0 Å². The minimum atomic E-state index is -0.375. The first-order chi connectivity index (χ1) is 13.1. The molecule has 0 amide bonds. The van der Waals surface area contributed by atoms with E-state index in [-0.39, 0.29) is 10.7 Å². The molecule has 3 aromatic heterocycles. The number of aromatic nitrogens is 4. The number of thiazole rings is 1. The Kier molecular flexibility index (Phi) is 4.59. The molecule has 3 heterocycles. The van der Waals surface area contributed by atoms with Crippen LogP contribution in [0, 0.1) is 10.1 Å². The summed E-state index contributed by atoms with van der Waals surface area (Å²) in [7, 11) is 1.84. The molecule has 0 saturated heterocycles. The standard InChI is InChI=1S/C18H18N6O2S/c1-22(16-17(24(25)26)23-10-11-27-18(23)19-16)9-5-8-14-12-15(21-20-14)13-6-3-2-4-7-13/h2-4,6-7,10-12H,5,8-9H2,1H3,(H,20,21). The minimum absolute atomic E-state index is 0.0154. The lowest BCUT2D eigenvalue weighted by atomic mass is 10.1. The molecule has 0 radical (unpaired) electrons. The van der Waals surface area contributed by atoms with Crippen molar-refractivity contribution in [3.63, 3.8) is 0 Å². The van der Waals surface area contributed by atoms with Crippen molar-refractivity contribution in [3.05, 3.63) is 63.8 Å². The van der Waals surface area contributed by atoms with Crippen LogP contribution < -0.4 is 4.90 Å². The summed E-state index contributed by atoms with van der Waals surface area (Å²) in [5.41, 5.74) is 3.04.